The number of benzene rings is 1. The van der Waals surface area contributed by atoms with Crippen molar-refractivity contribution in [2.24, 2.45) is 5.92 Å². The highest BCUT2D eigenvalue weighted by Crippen LogP contribution is 2.25. The fourth-order valence-corrected chi connectivity index (χ4v) is 2.80. The van der Waals surface area contributed by atoms with E-state index in [2.05, 4.69) is 0 Å². The molecule has 3 N–H and O–H groups in total. The standard InChI is InChI=1S/C17H24N2O4/c1-11(2)8-16(20)19-7-3-4-13(19)10-23-15-6-5-12(17(21)22)9-14(15)18/h5-6,9,11,13H,3-4,7-8,10,18H2,1-2H3,(H,21,22). The van der Waals surface area contributed by atoms with Gasteiger partial charge in [0.25, 0.3) is 0 Å². The normalized spacial score (nSPS) is 17.5. The van der Waals surface area contributed by atoms with Gasteiger partial charge in [0, 0.05) is 13.0 Å². The van der Waals surface area contributed by atoms with Crippen LogP contribution in [-0.2, 0) is 4.79 Å². The molecule has 126 valence electrons. The molecule has 2 rings (SSSR count). The van der Waals surface area contributed by atoms with E-state index >= 15 is 0 Å². The van der Waals surface area contributed by atoms with E-state index < -0.39 is 5.97 Å². The summed E-state index contributed by atoms with van der Waals surface area (Å²) in [6.07, 6.45) is 2.44. The van der Waals surface area contributed by atoms with Crippen LogP contribution in [0.1, 0.15) is 43.5 Å². The van der Waals surface area contributed by atoms with E-state index in [1.54, 1.807) is 6.07 Å². The summed E-state index contributed by atoms with van der Waals surface area (Å²) in [6, 6.07) is 4.46. The number of ether oxygens (including phenoxy) is 1. The molecule has 1 aromatic carbocycles. The van der Waals surface area contributed by atoms with Gasteiger partial charge in [-0.3, -0.25) is 4.79 Å². The van der Waals surface area contributed by atoms with Crippen molar-refractivity contribution in [3.63, 3.8) is 0 Å². The zero-order chi connectivity index (χ0) is 17.0. The number of rotatable bonds is 6. The van der Waals surface area contributed by atoms with Crippen molar-refractivity contribution < 1.29 is 19.4 Å². The van der Waals surface area contributed by atoms with Crippen LogP contribution in [0.15, 0.2) is 18.2 Å². The van der Waals surface area contributed by atoms with Crippen molar-refractivity contribution in [1.82, 2.24) is 4.90 Å². The number of carboxylic acids is 1. The number of carbonyl (C=O) groups excluding carboxylic acids is 1. The van der Waals surface area contributed by atoms with Crippen LogP contribution in [-0.4, -0.2) is 41.1 Å². The summed E-state index contributed by atoms with van der Waals surface area (Å²) in [4.78, 5) is 25.0. The Morgan fingerprint density at radius 3 is 2.78 bits per heavy atom. The number of likely N-dealkylation sites (tertiary alicyclic amines) is 1. The van der Waals surface area contributed by atoms with E-state index in [1.807, 2.05) is 18.7 Å². The topological polar surface area (TPSA) is 92.9 Å². The SMILES string of the molecule is CC(C)CC(=O)N1CCCC1COc1ccc(C(=O)O)cc1N. The fourth-order valence-electron chi connectivity index (χ4n) is 2.80. The number of hydrogen-bond donors (Lipinski definition) is 2. The Labute approximate surface area is 136 Å². The van der Waals surface area contributed by atoms with E-state index in [0.717, 1.165) is 19.4 Å². The third-order valence-corrected chi connectivity index (χ3v) is 3.97. The summed E-state index contributed by atoms with van der Waals surface area (Å²) >= 11 is 0. The molecule has 0 aromatic heterocycles. The Bertz CT molecular complexity index is 586. The Balaban J connectivity index is 1.97. The quantitative estimate of drug-likeness (QED) is 0.785. The van der Waals surface area contributed by atoms with Gasteiger partial charge in [-0.25, -0.2) is 4.79 Å². The second kappa shape index (κ2) is 7.35. The molecule has 0 bridgehead atoms. The van der Waals surface area contributed by atoms with E-state index in [0.29, 0.717) is 30.4 Å². The van der Waals surface area contributed by atoms with Crippen LogP contribution in [0, 0.1) is 5.92 Å². The van der Waals surface area contributed by atoms with Crippen LogP contribution in [0.5, 0.6) is 5.75 Å². The smallest absolute Gasteiger partial charge is 0.335 e. The first-order valence-corrected chi connectivity index (χ1v) is 7.93. The van der Waals surface area contributed by atoms with E-state index in [4.69, 9.17) is 15.6 Å². The van der Waals surface area contributed by atoms with Crippen LogP contribution in [0.2, 0.25) is 0 Å². The van der Waals surface area contributed by atoms with E-state index in [1.165, 1.54) is 12.1 Å². The second-order valence-electron chi connectivity index (χ2n) is 6.35. The summed E-state index contributed by atoms with van der Waals surface area (Å²) in [5, 5.41) is 8.93. The number of nitrogens with zero attached hydrogens (tertiary/aromatic N) is 1. The molecule has 6 heteroatoms. The van der Waals surface area contributed by atoms with Crippen molar-refractivity contribution in [2.75, 3.05) is 18.9 Å². The summed E-state index contributed by atoms with van der Waals surface area (Å²) < 4.78 is 5.73. The van der Waals surface area contributed by atoms with Gasteiger partial charge in [-0.2, -0.15) is 0 Å². The van der Waals surface area contributed by atoms with Crippen LogP contribution >= 0.6 is 0 Å². The van der Waals surface area contributed by atoms with Gasteiger partial charge >= 0.3 is 5.97 Å². The minimum Gasteiger partial charge on any atom is -0.489 e. The first-order valence-electron chi connectivity index (χ1n) is 7.93. The van der Waals surface area contributed by atoms with Gasteiger partial charge in [0.1, 0.15) is 12.4 Å². The molecule has 1 aliphatic rings. The van der Waals surface area contributed by atoms with Crippen LogP contribution in [0.4, 0.5) is 5.69 Å². The second-order valence-corrected chi connectivity index (χ2v) is 6.35. The van der Waals surface area contributed by atoms with Crippen molar-refractivity contribution >= 4 is 17.6 Å². The Kier molecular flexibility index (Phi) is 5.47. The molecule has 0 aliphatic carbocycles. The molecule has 1 saturated heterocycles. The molecule has 0 saturated carbocycles. The van der Waals surface area contributed by atoms with Gasteiger partial charge in [-0.15, -0.1) is 0 Å². The number of nitrogens with two attached hydrogens (primary N) is 1. The molecule has 0 radical (unpaired) electrons. The van der Waals surface area contributed by atoms with E-state index in [-0.39, 0.29) is 17.5 Å². The van der Waals surface area contributed by atoms with Gasteiger partial charge in [-0.1, -0.05) is 13.8 Å². The number of anilines is 1. The lowest BCUT2D eigenvalue weighted by atomic mass is 10.1. The maximum Gasteiger partial charge on any atom is 0.335 e. The lowest BCUT2D eigenvalue weighted by Crippen LogP contribution is -2.39. The number of hydrogen-bond acceptors (Lipinski definition) is 4. The molecule has 1 aliphatic heterocycles. The maximum atomic E-state index is 12.2. The predicted octanol–water partition coefficient (Wildman–Crippen LogP) is 2.38. The highest BCUT2D eigenvalue weighted by molar-refractivity contribution is 5.89. The minimum absolute atomic E-state index is 0.0554. The zero-order valence-corrected chi connectivity index (χ0v) is 13.6. The average Bonchev–Trinajstić information content (AvgIpc) is 2.93. The van der Waals surface area contributed by atoms with Crippen molar-refractivity contribution in [1.29, 1.82) is 0 Å². The summed E-state index contributed by atoms with van der Waals surface area (Å²) in [5.41, 5.74) is 6.26. The van der Waals surface area contributed by atoms with Crippen LogP contribution in [0.3, 0.4) is 0 Å². The molecule has 1 fully saturated rings. The third-order valence-electron chi connectivity index (χ3n) is 3.97. The van der Waals surface area contributed by atoms with Gasteiger partial charge in [0.2, 0.25) is 5.91 Å². The molecule has 1 amide bonds. The molecule has 0 spiro atoms. The number of carboxylic acid groups (broad SMARTS) is 1. The molecule has 1 heterocycles. The van der Waals surface area contributed by atoms with Gasteiger partial charge in [0.15, 0.2) is 0 Å². The lowest BCUT2D eigenvalue weighted by Gasteiger charge is -2.25. The van der Waals surface area contributed by atoms with Crippen molar-refractivity contribution in [3.05, 3.63) is 23.8 Å². The fraction of sp³-hybridized carbons (Fsp3) is 0.529. The zero-order valence-electron chi connectivity index (χ0n) is 13.6. The highest BCUT2D eigenvalue weighted by atomic mass is 16.5. The number of nitrogen functional groups attached to an aromatic ring is 1. The Hall–Kier alpha value is -2.24. The summed E-state index contributed by atoms with van der Waals surface area (Å²) in [5.74, 6) is -0.0631. The van der Waals surface area contributed by atoms with Crippen molar-refractivity contribution in [3.8, 4) is 5.75 Å². The van der Waals surface area contributed by atoms with Gasteiger partial charge in [-0.05, 0) is 37.0 Å². The number of carbonyl (C=O) groups is 2. The first kappa shape index (κ1) is 17.1. The first-order chi connectivity index (χ1) is 10.9. The lowest BCUT2D eigenvalue weighted by molar-refractivity contribution is -0.133. The molecular formula is C17H24N2O4. The van der Waals surface area contributed by atoms with Crippen LogP contribution < -0.4 is 10.5 Å². The third kappa shape index (κ3) is 4.37. The number of aromatic carboxylic acids is 1. The summed E-state index contributed by atoms with van der Waals surface area (Å²) in [7, 11) is 0. The van der Waals surface area contributed by atoms with Crippen LogP contribution in [0.25, 0.3) is 0 Å². The maximum absolute atomic E-state index is 12.2. The predicted molar refractivity (Wildman–Crippen MR) is 87.5 cm³/mol. The summed E-state index contributed by atoms with van der Waals surface area (Å²) in [6.45, 7) is 5.21. The average molecular weight is 320 g/mol. The molecular weight excluding hydrogens is 296 g/mol. The largest absolute Gasteiger partial charge is 0.489 e. The number of amides is 1. The Morgan fingerprint density at radius 1 is 1.43 bits per heavy atom. The molecule has 1 aromatic rings. The Morgan fingerprint density at radius 2 is 2.17 bits per heavy atom. The van der Waals surface area contributed by atoms with E-state index in [9.17, 15) is 9.59 Å². The molecule has 1 atom stereocenters. The minimum atomic E-state index is -1.02. The molecule has 23 heavy (non-hydrogen) atoms. The van der Waals surface area contributed by atoms with Gasteiger partial charge < -0.3 is 20.5 Å². The molecule has 1 unspecified atom stereocenters. The highest BCUT2D eigenvalue weighted by Gasteiger charge is 2.29. The van der Waals surface area contributed by atoms with Crippen molar-refractivity contribution in [2.45, 2.75) is 39.2 Å². The van der Waals surface area contributed by atoms with Gasteiger partial charge in [0.05, 0.1) is 17.3 Å². The monoisotopic (exact) mass is 320 g/mol. The molecule has 6 nitrogen and oxygen atoms in total.